The van der Waals surface area contributed by atoms with Crippen LogP contribution in [-0.2, 0) is 9.53 Å². The van der Waals surface area contributed by atoms with E-state index in [1.807, 2.05) is 86.2 Å². The normalized spacial score (nSPS) is 12.2. The minimum atomic E-state index is -0.561. The Bertz CT molecular complexity index is 1770. The van der Waals surface area contributed by atoms with Crippen molar-refractivity contribution < 1.29 is 14.3 Å². The first-order chi connectivity index (χ1) is 20.5. The molecule has 0 aliphatic carbocycles. The summed E-state index contributed by atoms with van der Waals surface area (Å²) in [5.74, 6) is -0.613. The van der Waals surface area contributed by atoms with Crippen LogP contribution in [0, 0.1) is 0 Å². The van der Waals surface area contributed by atoms with E-state index in [0.29, 0.717) is 15.6 Å². The number of esters is 1. The summed E-state index contributed by atoms with van der Waals surface area (Å²) < 4.78 is 7.25. The first-order valence-electron chi connectivity index (χ1n) is 14.0. The lowest BCUT2D eigenvalue weighted by Crippen LogP contribution is -2.29. The summed E-state index contributed by atoms with van der Waals surface area (Å²) in [6.07, 6.45) is 1.95. The lowest BCUT2D eigenvalue weighted by atomic mass is 10.0. The van der Waals surface area contributed by atoms with E-state index >= 15 is 0 Å². The molecular formula is C34H32Cl2N4O3. The Balaban J connectivity index is 1.41. The summed E-state index contributed by atoms with van der Waals surface area (Å²) in [5, 5.41) is 9.85. The summed E-state index contributed by atoms with van der Waals surface area (Å²) in [7, 11) is 0. The molecule has 0 radical (unpaired) electrons. The van der Waals surface area contributed by atoms with Crippen molar-refractivity contribution in [1.29, 1.82) is 0 Å². The van der Waals surface area contributed by atoms with Crippen LogP contribution >= 0.6 is 23.2 Å². The minimum absolute atomic E-state index is 0.101. The number of nitrogens with zero attached hydrogens (tertiary/aromatic N) is 3. The van der Waals surface area contributed by atoms with Crippen LogP contribution in [0.25, 0.3) is 33.4 Å². The largest absolute Gasteiger partial charge is 0.460 e. The molecule has 9 heteroatoms. The minimum Gasteiger partial charge on any atom is -0.460 e. The predicted molar refractivity (Wildman–Crippen MR) is 171 cm³/mol. The van der Waals surface area contributed by atoms with Gasteiger partial charge in [0.15, 0.2) is 0 Å². The molecule has 2 heterocycles. The number of carbonyl (C=O) groups excluding carboxylic acids is 2. The van der Waals surface area contributed by atoms with Gasteiger partial charge in [-0.2, -0.15) is 5.10 Å². The second-order valence-corrected chi connectivity index (χ2v) is 12.2. The first-order valence-corrected chi connectivity index (χ1v) is 14.7. The van der Waals surface area contributed by atoms with E-state index in [-0.39, 0.29) is 30.9 Å². The number of fused-ring (bicyclic) bond motifs is 1. The van der Waals surface area contributed by atoms with E-state index in [1.165, 1.54) is 0 Å². The van der Waals surface area contributed by atoms with E-state index in [0.717, 1.165) is 39.0 Å². The molecule has 0 spiro atoms. The molecule has 5 rings (SSSR count). The van der Waals surface area contributed by atoms with Gasteiger partial charge in [0.1, 0.15) is 5.60 Å². The smallest absolute Gasteiger partial charge is 0.308 e. The Labute approximate surface area is 260 Å². The predicted octanol–water partition coefficient (Wildman–Crippen LogP) is 8.14. The molecule has 0 fully saturated rings. The quantitative estimate of drug-likeness (QED) is 0.178. The van der Waals surface area contributed by atoms with Gasteiger partial charge in [-0.05, 0) is 81.8 Å². The fourth-order valence-corrected chi connectivity index (χ4v) is 5.31. The van der Waals surface area contributed by atoms with Crippen LogP contribution in [0.1, 0.15) is 56.1 Å². The summed E-state index contributed by atoms with van der Waals surface area (Å²) >= 11 is 12.6. The van der Waals surface area contributed by atoms with Gasteiger partial charge in [0.05, 0.1) is 29.4 Å². The highest BCUT2D eigenvalue weighted by atomic mass is 35.5. The van der Waals surface area contributed by atoms with Crippen molar-refractivity contribution >= 4 is 46.0 Å². The highest BCUT2D eigenvalue weighted by molar-refractivity contribution is 6.35. The molecule has 220 valence electrons. The summed E-state index contributed by atoms with van der Waals surface area (Å²) in [5.41, 5.74) is 5.12. The summed E-state index contributed by atoms with van der Waals surface area (Å²) in [6, 6.07) is 24.6. The highest BCUT2D eigenvalue weighted by Gasteiger charge is 2.20. The van der Waals surface area contributed by atoms with Gasteiger partial charge in [-0.25, -0.2) is 0 Å². The van der Waals surface area contributed by atoms with Gasteiger partial charge >= 0.3 is 5.97 Å². The van der Waals surface area contributed by atoms with Crippen molar-refractivity contribution in [1.82, 2.24) is 20.1 Å². The maximum Gasteiger partial charge on any atom is 0.308 e. The number of benzene rings is 3. The van der Waals surface area contributed by atoms with Crippen LogP contribution in [0.3, 0.4) is 0 Å². The first kappa shape index (κ1) is 30.3. The third-order valence-corrected chi connectivity index (χ3v) is 7.27. The summed E-state index contributed by atoms with van der Waals surface area (Å²) in [4.78, 5) is 29.3. The van der Waals surface area contributed by atoms with Crippen LogP contribution in [-0.4, -0.2) is 38.8 Å². The van der Waals surface area contributed by atoms with Gasteiger partial charge in [0, 0.05) is 44.9 Å². The Hall–Kier alpha value is -4.20. The molecule has 43 heavy (non-hydrogen) atoms. The van der Waals surface area contributed by atoms with Gasteiger partial charge in [0.25, 0.3) is 5.91 Å². The van der Waals surface area contributed by atoms with E-state index in [1.54, 1.807) is 18.2 Å². The maximum atomic E-state index is 12.7. The van der Waals surface area contributed by atoms with Crippen molar-refractivity contribution in [3.05, 3.63) is 106 Å². The number of carbonyl (C=O) groups is 2. The summed E-state index contributed by atoms with van der Waals surface area (Å²) in [6.45, 7) is 7.67. The SMILES string of the molecule is C[C@@H](c1ccc(C(=O)NCCC(=O)OC(C)(C)C)cc1)n1nc(-c2cc(Cl)cc(Cl)c2)cc1-c1cnc2ccccc2c1. The third-order valence-electron chi connectivity index (χ3n) is 6.84. The molecule has 0 saturated heterocycles. The molecule has 1 N–H and O–H groups in total. The molecule has 1 amide bonds. The monoisotopic (exact) mass is 614 g/mol. The standard InChI is InChI=1S/C34H32Cl2N4O3/c1-21(22-9-11-23(12-10-22)33(42)37-14-13-32(41)43-34(2,3)4)40-31(26-15-24-7-5-6-8-29(24)38-20-26)19-30(39-40)25-16-27(35)18-28(36)17-25/h5-12,15-21H,13-14H2,1-4H3,(H,37,42)/t21-/m0/s1. The van der Waals surface area contributed by atoms with Gasteiger partial charge < -0.3 is 10.1 Å². The molecule has 0 saturated carbocycles. The number of nitrogens with one attached hydrogen (secondary N) is 1. The van der Waals surface area contributed by atoms with E-state index < -0.39 is 5.60 Å². The lowest BCUT2D eigenvalue weighted by molar-refractivity contribution is -0.154. The Morgan fingerprint density at radius 3 is 2.33 bits per heavy atom. The molecule has 0 bridgehead atoms. The average molecular weight is 616 g/mol. The lowest BCUT2D eigenvalue weighted by Gasteiger charge is -2.19. The fraction of sp³-hybridized carbons (Fsp3) is 0.235. The molecule has 7 nitrogen and oxygen atoms in total. The maximum absolute atomic E-state index is 12.7. The zero-order chi connectivity index (χ0) is 30.7. The molecule has 3 aromatic carbocycles. The van der Waals surface area contributed by atoms with Crippen LogP contribution in [0.4, 0.5) is 0 Å². The van der Waals surface area contributed by atoms with Crippen molar-refractivity contribution in [3.63, 3.8) is 0 Å². The number of para-hydroxylation sites is 1. The zero-order valence-electron chi connectivity index (χ0n) is 24.4. The number of hydrogen-bond acceptors (Lipinski definition) is 5. The van der Waals surface area contributed by atoms with E-state index in [4.69, 9.17) is 33.0 Å². The van der Waals surface area contributed by atoms with Gasteiger partial charge in [-0.1, -0.05) is 53.5 Å². The van der Waals surface area contributed by atoms with Crippen molar-refractivity contribution in [2.75, 3.05) is 6.54 Å². The Kier molecular flexibility index (Phi) is 8.85. The third kappa shape index (κ3) is 7.42. The Morgan fingerprint density at radius 1 is 0.930 bits per heavy atom. The van der Waals surface area contributed by atoms with E-state index in [9.17, 15) is 9.59 Å². The highest BCUT2D eigenvalue weighted by Crippen LogP contribution is 2.34. The van der Waals surface area contributed by atoms with Gasteiger partial charge in [-0.15, -0.1) is 0 Å². The van der Waals surface area contributed by atoms with Gasteiger partial charge in [-0.3, -0.25) is 19.3 Å². The number of ether oxygens (including phenoxy) is 1. The molecule has 0 aliphatic heterocycles. The van der Waals surface area contributed by atoms with Crippen molar-refractivity contribution in [3.8, 4) is 22.5 Å². The van der Waals surface area contributed by atoms with Crippen LogP contribution in [0.5, 0.6) is 0 Å². The molecular weight excluding hydrogens is 583 g/mol. The number of pyridine rings is 1. The van der Waals surface area contributed by atoms with Crippen LogP contribution in [0.15, 0.2) is 85.1 Å². The fourth-order valence-electron chi connectivity index (χ4n) is 4.79. The van der Waals surface area contributed by atoms with Crippen molar-refractivity contribution in [2.24, 2.45) is 0 Å². The number of amides is 1. The van der Waals surface area contributed by atoms with Crippen LogP contribution in [0.2, 0.25) is 10.0 Å². The molecule has 5 aromatic rings. The Morgan fingerprint density at radius 2 is 1.63 bits per heavy atom. The topological polar surface area (TPSA) is 86.1 Å². The van der Waals surface area contributed by atoms with Crippen molar-refractivity contribution in [2.45, 2.75) is 45.8 Å². The molecule has 1 atom stereocenters. The van der Waals surface area contributed by atoms with E-state index in [2.05, 4.69) is 23.3 Å². The zero-order valence-corrected chi connectivity index (χ0v) is 25.9. The van der Waals surface area contributed by atoms with Crippen LogP contribution < -0.4 is 5.32 Å². The van der Waals surface area contributed by atoms with Gasteiger partial charge in [0.2, 0.25) is 0 Å². The molecule has 0 aliphatic rings. The second-order valence-electron chi connectivity index (χ2n) is 11.3. The number of hydrogen-bond donors (Lipinski definition) is 1. The number of aromatic nitrogens is 3. The average Bonchev–Trinajstić information content (AvgIpc) is 3.41. The molecule has 2 aromatic heterocycles. The molecule has 0 unspecified atom stereocenters. The number of rotatable bonds is 8. The number of halogens is 2. The second kappa shape index (κ2) is 12.6.